The van der Waals surface area contributed by atoms with Crippen LogP contribution in [0.5, 0.6) is 0 Å². The Hall–Kier alpha value is -4.94. The average Bonchev–Trinajstić information content (AvgIpc) is 3.55. The Morgan fingerprint density at radius 2 is 1.80 bits per heavy atom. The van der Waals surface area contributed by atoms with Crippen LogP contribution in [-0.2, 0) is 11.3 Å². The van der Waals surface area contributed by atoms with Gasteiger partial charge in [-0.3, -0.25) is 9.59 Å². The fourth-order valence-corrected chi connectivity index (χ4v) is 5.02. The van der Waals surface area contributed by atoms with Gasteiger partial charge in [-0.2, -0.15) is 10.2 Å². The van der Waals surface area contributed by atoms with Crippen molar-refractivity contribution in [2.45, 2.75) is 31.8 Å². The molecule has 0 atom stereocenters. The third kappa shape index (κ3) is 4.59. The minimum Gasteiger partial charge on any atom is -0.350 e. The van der Waals surface area contributed by atoms with Crippen LogP contribution in [-0.4, -0.2) is 32.1 Å². The summed E-state index contributed by atoms with van der Waals surface area (Å²) in [4.78, 5) is 30.1. The first-order valence-electron chi connectivity index (χ1n) is 12.7. The van der Waals surface area contributed by atoms with Gasteiger partial charge in [0, 0.05) is 30.1 Å². The molecule has 10 heteroatoms. The SMILES string of the molecule is Cc1nc(-c2c(Cl)c3ccccc3n2-c2ccc(CNC(=O)C3(NC(=O)c4ccc(C#N)cc4)CC3)cc2)no1. The fourth-order valence-electron chi connectivity index (χ4n) is 4.70. The smallest absolute Gasteiger partial charge is 0.252 e. The van der Waals surface area contributed by atoms with Crippen molar-refractivity contribution in [3.8, 4) is 23.3 Å². The molecule has 0 saturated heterocycles. The molecule has 2 heterocycles. The van der Waals surface area contributed by atoms with Gasteiger partial charge in [0.25, 0.3) is 5.91 Å². The summed E-state index contributed by atoms with van der Waals surface area (Å²) >= 11 is 6.78. The molecule has 6 rings (SSSR count). The number of carbonyl (C=O) groups is 2. The number of aromatic nitrogens is 3. The van der Waals surface area contributed by atoms with E-state index in [-0.39, 0.29) is 11.8 Å². The zero-order valence-corrected chi connectivity index (χ0v) is 22.2. The van der Waals surface area contributed by atoms with Crippen LogP contribution < -0.4 is 10.6 Å². The molecule has 1 aliphatic rings. The van der Waals surface area contributed by atoms with E-state index in [1.165, 1.54) is 0 Å². The number of benzene rings is 3. The minimum atomic E-state index is -0.913. The molecular formula is C30H23ClN6O3. The second-order valence-electron chi connectivity index (χ2n) is 9.73. The molecule has 0 spiro atoms. The van der Waals surface area contributed by atoms with Gasteiger partial charge in [-0.1, -0.05) is 47.1 Å². The van der Waals surface area contributed by atoms with Crippen molar-refractivity contribution in [2.75, 3.05) is 0 Å². The molecule has 1 saturated carbocycles. The molecule has 9 nitrogen and oxygen atoms in total. The molecule has 3 aromatic carbocycles. The van der Waals surface area contributed by atoms with Crippen molar-refractivity contribution in [3.05, 3.63) is 100 Å². The van der Waals surface area contributed by atoms with Crippen LogP contribution in [0.2, 0.25) is 5.02 Å². The van der Waals surface area contributed by atoms with Gasteiger partial charge in [0.2, 0.25) is 17.6 Å². The minimum absolute atomic E-state index is 0.225. The van der Waals surface area contributed by atoms with E-state index >= 15 is 0 Å². The Kier molecular flexibility index (Phi) is 6.33. The molecule has 0 unspecified atom stereocenters. The first kappa shape index (κ1) is 25.3. The van der Waals surface area contributed by atoms with Crippen LogP contribution in [0.3, 0.4) is 0 Å². The molecule has 1 aliphatic carbocycles. The monoisotopic (exact) mass is 550 g/mol. The predicted molar refractivity (Wildman–Crippen MR) is 149 cm³/mol. The summed E-state index contributed by atoms with van der Waals surface area (Å²) in [5, 5.41) is 20.3. The van der Waals surface area contributed by atoms with Crippen molar-refractivity contribution in [2.24, 2.45) is 0 Å². The van der Waals surface area contributed by atoms with E-state index in [4.69, 9.17) is 21.4 Å². The molecule has 40 heavy (non-hydrogen) atoms. The number of carbonyl (C=O) groups excluding carboxylic acids is 2. The third-order valence-electron chi connectivity index (χ3n) is 7.01. The molecule has 0 bridgehead atoms. The third-order valence-corrected chi connectivity index (χ3v) is 7.40. The van der Waals surface area contributed by atoms with Crippen molar-refractivity contribution in [3.63, 3.8) is 0 Å². The van der Waals surface area contributed by atoms with E-state index in [0.29, 0.717) is 52.9 Å². The summed E-state index contributed by atoms with van der Waals surface area (Å²) in [5.41, 5.74) is 3.24. The zero-order valence-electron chi connectivity index (χ0n) is 21.4. The van der Waals surface area contributed by atoms with Gasteiger partial charge in [0.05, 0.1) is 22.2 Å². The highest BCUT2D eigenvalue weighted by atomic mass is 35.5. The predicted octanol–water partition coefficient (Wildman–Crippen LogP) is 5.09. The zero-order chi connectivity index (χ0) is 27.9. The molecule has 5 aromatic rings. The summed E-state index contributed by atoms with van der Waals surface area (Å²) in [6.07, 6.45) is 1.14. The van der Waals surface area contributed by atoms with Gasteiger partial charge in [-0.25, -0.2) is 0 Å². The number of para-hydroxylation sites is 1. The topological polar surface area (TPSA) is 126 Å². The standard InChI is InChI=1S/C30H23ClN6O3/c1-18-34-27(36-40-18)26-25(31)23-4-2-3-5-24(23)37(26)22-12-8-20(9-13-22)17-33-29(39)30(14-15-30)35-28(38)21-10-6-19(16-32)7-11-21/h2-13H,14-15,17H2,1H3,(H,33,39)(H,35,38). The summed E-state index contributed by atoms with van der Waals surface area (Å²) < 4.78 is 7.20. The number of nitrogens with zero attached hydrogens (tertiary/aromatic N) is 4. The second kappa shape index (κ2) is 9.98. The van der Waals surface area contributed by atoms with Crippen LogP contribution in [0.4, 0.5) is 0 Å². The van der Waals surface area contributed by atoms with Crippen molar-refractivity contribution in [1.82, 2.24) is 25.3 Å². The lowest BCUT2D eigenvalue weighted by Crippen LogP contribution is -2.48. The summed E-state index contributed by atoms with van der Waals surface area (Å²) in [7, 11) is 0. The maximum atomic E-state index is 13.0. The van der Waals surface area contributed by atoms with Crippen molar-refractivity contribution < 1.29 is 14.1 Å². The number of rotatable bonds is 7. The number of amides is 2. The van der Waals surface area contributed by atoms with Crippen LogP contribution in [0.25, 0.3) is 28.1 Å². The lowest BCUT2D eigenvalue weighted by atomic mass is 10.1. The Balaban J connectivity index is 1.18. The van der Waals surface area contributed by atoms with Crippen LogP contribution in [0.1, 0.15) is 40.2 Å². The quantitative estimate of drug-likeness (QED) is 0.290. The number of nitriles is 1. The summed E-state index contributed by atoms with van der Waals surface area (Å²) in [6, 6.07) is 23.9. The van der Waals surface area contributed by atoms with Crippen LogP contribution in [0, 0.1) is 18.3 Å². The van der Waals surface area contributed by atoms with E-state index < -0.39 is 5.54 Å². The number of hydrogen-bond donors (Lipinski definition) is 2. The lowest BCUT2D eigenvalue weighted by Gasteiger charge is -2.17. The van der Waals surface area contributed by atoms with Gasteiger partial charge in [-0.05, 0) is 60.9 Å². The first-order valence-corrected chi connectivity index (χ1v) is 13.1. The first-order chi connectivity index (χ1) is 19.4. The molecule has 198 valence electrons. The Morgan fingerprint density at radius 3 is 2.45 bits per heavy atom. The fraction of sp³-hybridized carbons (Fsp3) is 0.167. The average molecular weight is 551 g/mol. The number of aryl methyl sites for hydroxylation is 1. The van der Waals surface area contributed by atoms with Crippen molar-refractivity contribution in [1.29, 1.82) is 5.26 Å². The van der Waals surface area contributed by atoms with Gasteiger partial charge >= 0.3 is 0 Å². The lowest BCUT2D eigenvalue weighted by molar-refractivity contribution is -0.124. The van der Waals surface area contributed by atoms with Gasteiger partial charge in [-0.15, -0.1) is 0 Å². The normalized spacial score (nSPS) is 13.5. The van der Waals surface area contributed by atoms with Gasteiger partial charge < -0.3 is 19.7 Å². The molecule has 2 amide bonds. The Morgan fingerprint density at radius 1 is 1.07 bits per heavy atom. The highest BCUT2D eigenvalue weighted by Crippen LogP contribution is 2.39. The summed E-state index contributed by atoms with van der Waals surface area (Å²) in [6.45, 7) is 2.03. The van der Waals surface area contributed by atoms with Crippen LogP contribution in [0.15, 0.2) is 77.3 Å². The summed E-state index contributed by atoms with van der Waals surface area (Å²) in [5.74, 6) is 0.270. The van der Waals surface area contributed by atoms with Crippen molar-refractivity contribution >= 4 is 34.3 Å². The van der Waals surface area contributed by atoms with Crippen LogP contribution >= 0.6 is 11.6 Å². The highest BCUT2D eigenvalue weighted by Gasteiger charge is 2.51. The number of hydrogen-bond acceptors (Lipinski definition) is 6. The Bertz CT molecular complexity index is 1790. The molecule has 0 aliphatic heterocycles. The second-order valence-corrected chi connectivity index (χ2v) is 10.1. The largest absolute Gasteiger partial charge is 0.350 e. The Labute approximate surface area is 234 Å². The molecule has 1 fully saturated rings. The van der Waals surface area contributed by atoms with E-state index in [2.05, 4.69) is 20.8 Å². The number of fused-ring (bicyclic) bond motifs is 1. The maximum absolute atomic E-state index is 13.0. The molecule has 2 N–H and O–H groups in total. The van der Waals surface area contributed by atoms with E-state index in [1.807, 2.05) is 59.2 Å². The number of nitrogens with one attached hydrogen (secondary N) is 2. The molecule has 2 aromatic heterocycles. The molecule has 0 radical (unpaired) electrons. The van der Waals surface area contributed by atoms with E-state index in [9.17, 15) is 9.59 Å². The number of halogens is 1. The van der Waals surface area contributed by atoms with Gasteiger partial charge in [0.15, 0.2) is 0 Å². The van der Waals surface area contributed by atoms with Gasteiger partial charge in [0.1, 0.15) is 11.2 Å². The molecular weight excluding hydrogens is 528 g/mol. The maximum Gasteiger partial charge on any atom is 0.252 e. The highest BCUT2D eigenvalue weighted by molar-refractivity contribution is 6.38. The van der Waals surface area contributed by atoms with E-state index in [1.54, 1.807) is 31.2 Å². The van der Waals surface area contributed by atoms with E-state index in [0.717, 1.165) is 22.2 Å².